The minimum Gasteiger partial charge on any atom is -0.394 e. The van der Waals surface area contributed by atoms with Gasteiger partial charge in [0.15, 0.2) is 0 Å². The number of aliphatic hydroxyl groups excluding tert-OH is 1. The van der Waals surface area contributed by atoms with Crippen LogP contribution < -0.4 is 22.3 Å². The molecule has 0 unspecified atom stereocenters. The number of aromatic nitrogens is 2. The van der Waals surface area contributed by atoms with Gasteiger partial charge in [0.25, 0.3) is 5.56 Å². The summed E-state index contributed by atoms with van der Waals surface area (Å²) in [5, 5.41) is 11.4. The molecule has 0 bridgehead atoms. The summed E-state index contributed by atoms with van der Waals surface area (Å²) in [6.07, 6.45) is 0. The molecule has 0 aromatic carbocycles. The SMILES string of the molecule is COCCn1c(N)c(NCCOCCO)c(=O)[nH]c1=O. The minimum absolute atomic E-state index is 0.0537. The first-order valence-corrected chi connectivity index (χ1v) is 6.15. The van der Waals surface area contributed by atoms with E-state index in [-0.39, 0.29) is 31.3 Å². The van der Waals surface area contributed by atoms with Crippen LogP contribution in [0.25, 0.3) is 0 Å². The molecular weight excluding hydrogens is 268 g/mol. The summed E-state index contributed by atoms with van der Waals surface area (Å²) < 4.78 is 11.2. The molecule has 0 saturated heterocycles. The van der Waals surface area contributed by atoms with E-state index in [9.17, 15) is 9.59 Å². The van der Waals surface area contributed by atoms with Gasteiger partial charge in [0.05, 0.1) is 33.0 Å². The third-order valence-electron chi connectivity index (χ3n) is 2.54. The molecule has 9 heteroatoms. The molecule has 0 aliphatic rings. The number of anilines is 2. The van der Waals surface area contributed by atoms with Crippen LogP contribution in [0.2, 0.25) is 0 Å². The van der Waals surface area contributed by atoms with Gasteiger partial charge in [-0.3, -0.25) is 14.3 Å². The average Bonchev–Trinajstić information content (AvgIpc) is 2.41. The van der Waals surface area contributed by atoms with Crippen LogP contribution >= 0.6 is 0 Å². The number of ether oxygens (including phenoxy) is 2. The Kier molecular flexibility index (Phi) is 6.77. The van der Waals surface area contributed by atoms with Gasteiger partial charge in [-0.1, -0.05) is 0 Å². The second-order valence-electron chi connectivity index (χ2n) is 3.93. The second kappa shape index (κ2) is 8.35. The van der Waals surface area contributed by atoms with Crippen LogP contribution in [-0.2, 0) is 16.0 Å². The quantitative estimate of drug-likeness (QED) is 0.394. The lowest BCUT2D eigenvalue weighted by Crippen LogP contribution is -2.35. The van der Waals surface area contributed by atoms with E-state index in [4.69, 9.17) is 20.3 Å². The Labute approximate surface area is 115 Å². The Balaban J connectivity index is 2.79. The van der Waals surface area contributed by atoms with Crippen LogP contribution in [0.5, 0.6) is 0 Å². The predicted molar refractivity (Wildman–Crippen MR) is 74.0 cm³/mol. The fourth-order valence-electron chi connectivity index (χ4n) is 1.58. The summed E-state index contributed by atoms with van der Waals surface area (Å²) >= 11 is 0. The molecule has 0 fully saturated rings. The van der Waals surface area contributed by atoms with Crippen LogP contribution in [0.15, 0.2) is 9.59 Å². The Morgan fingerprint density at radius 1 is 1.35 bits per heavy atom. The molecule has 1 aromatic heterocycles. The van der Waals surface area contributed by atoms with Crippen molar-refractivity contribution >= 4 is 11.5 Å². The zero-order valence-electron chi connectivity index (χ0n) is 11.3. The predicted octanol–water partition coefficient (Wildman–Crippen LogP) is -1.81. The average molecular weight is 288 g/mol. The monoisotopic (exact) mass is 288 g/mol. The summed E-state index contributed by atoms with van der Waals surface area (Å²) in [4.78, 5) is 25.5. The zero-order chi connectivity index (χ0) is 15.0. The number of hydrogen-bond donors (Lipinski definition) is 4. The van der Waals surface area contributed by atoms with E-state index in [1.165, 1.54) is 11.7 Å². The van der Waals surface area contributed by atoms with Crippen molar-refractivity contribution in [3.8, 4) is 0 Å². The van der Waals surface area contributed by atoms with E-state index in [1.807, 2.05) is 0 Å². The highest BCUT2D eigenvalue weighted by Gasteiger charge is 2.11. The van der Waals surface area contributed by atoms with Crippen molar-refractivity contribution in [3.05, 3.63) is 20.8 Å². The third-order valence-corrected chi connectivity index (χ3v) is 2.54. The highest BCUT2D eigenvalue weighted by atomic mass is 16.5. The molecule has 1 aromatic rings. The van der Waals surface area contributed by atoms with Crippen molar-refractivity contribution in [1.29, 1.82) is 0 Å². The van der Waals surface area contributed by atoms with Crippen molar-refractivity contribution in [2.24, 2.45) is 0 Å². The number of methoxy groups -OCH3 is 1. The van der Waals surface area contributed by atoms with Crippen LogP contribution in [0.1, 0.15) is 0 Å². The molecule has 1 rings (SSSR count). The molecule has 0 saturated carbocycles. The fraction of sp³-hybridized carbons (Fsp3) is 0.636. The van der Waals surface area contributed by atoms with Crippen molar-refractivity contribution in [2.45, 2.75) is 6.54 Å². The Morgan fingerprint density at radius 2 is 2.10 bits per heavy atom. The summed E-state index contributed by atoms with van der Waals surface area (Å²) in [6.45, 7) is 1.33. The van der Waals surface area contributed by atoms with Gasteiger partial charge in [-0.05, 0) is 0 Å². The Bertz CT molecular complexity index is 525. The maximum absolute atomic E-state index is 11.7. The van der Waals surface area contributed by atoms with Gasteiger partial charge in [-0.25, -0.2) is 4.79 Å². The fourth-order valence-corrected chi connectivity index (χ4v) is 1.58. The van der Waals surface area contributed by atoms with E-state index in [0.717, 1.165) is 0 Å². The minimum atomic E-state index is -0.580. The van der Waals surface area contributed by atoms with E-state index >= 15 is 0 Å². The highest BCUT2D eigenvalue weighted by Crippen LogP contribution is 2.09. The lowest BCUT2D eigenvalue weighted by atomic mass is 10.4. The third kappa shape index (κ3) is 4.37. The van der Waals surface area contributed by atoms with Gasteiger partial charge < -0.3 is 25.6 Å². The first-order chi connectivity index (χ1) is 9.61. The number of nitrogen functional groups attached to an aromatic ring is 1. The standard InChI is InChI=1S/C11H20N4O5/c1-19-6-3-15-9(12)8(10(17)14-11(15)18)13-2-5-20-7-4-16/h13,16H,2-7,12H2,1H3,(H,14,17,18). The summed E-state index contributed by atoms with van der Waals surface area (Å²) in [5.41, 5.74) is 4.77. The van der Waals surface area contributed by atoms with Gasteiger partial charge in [0, 0.05) is 13.7 Å². The van der Waals surface area contributed by atoms with Crippen molar-refractivity contribution in [3.63, 3.8) is 0 Å². The molecule has 9 nitrogen and oxygen atoms in total. The van der Waals surface area contributed by atoms with E-state index < -0.39 is 11.2 Å². The number of nitrogens with one attached hydrogen (secondary N) is 2. The number of hydrogen-bond acceptors (Lipinski definition) is 7. The van der Waals surface area contributed by atoms with Crippen LogP contribution in [0, 0.1) is 0 Å². The first-order valence-electron chi connectivity index (χ1n) is 6.15. The number of aliphatic hydroxyl groups is 1. The molecule has 20 heavy (non-hydrogen) atoms. The van der Waals surface area contributed by atoms with Crippen LogP contribution in [-0.4, -0.2) is 54.7 Å². The lowest BCUT2D eigenvalue weighted by Gasteiger charge is -2.13. The van der Waals surface area contributed by atoms with Crippen molar-refractivity contribution in [2.75, 3.05) is 51.1 Å². The van der Waals surface area contributed by atoms with Crippen LogP contribution in [0.4, 0.5) is 11.5 Å². The number of aromatic amines is 1. The lowest BCUT2D eigenvalue weighted by molar-refractivity contribution is 0.0992. The normalized spacial score (nSPS) is 10.7. The Hall–Kier alpha value is -1.84. The topological polar surface area (TPSA) is 132 Å². The molecular formula is C11H20N4O5. The van der Waals surface area contributed by atoms with Gasteiger partial charge in [0.1, 0.15) is 11.5 Å². The largest absolute Gasteiger partial charge is 0.394 e. The Morgan fingerprint density at radius 3 is 2.75 bits per heavy atom. The summed E-state index contributed by atoms with van der Waals surface area (Å²) in [5.74, 6) is 0.0537. The van der Waals surface area contributed by atoms with Gasteiger partial charge in [-0.15, -0.1) is 0 Å². The van der Waals surface area contributed by atoms with E-state index in [1.54, 1.807) is 0 Å². The zero-order valence-corrected chi connectivity index (χ0v) is 11.3. The molecule has 0 radical (unpaired) electrons. The molecule has 0 spiro atoms. The second-order valence-corrected chi connectivity index (χ2v) is 3.93. The number of H-pyrrole nitrogens is 1. The smallest absolute Gasteiger partial charge is 0.330 e. The molecule has 0 amide bonds. The molecule has 0 aliphatic heterocycles. The number of rotatable bonds is 9. The summed E-state index contributed by atoms with van der Waals surface area (Å²) in [6, 6.07) is 0. The van der Waals surface area contributed by atoms with Crippen molar-refractivity contribution in [1.82, 2.24) is 9.55 Å². The van der Waals surface area contributed by atoms with Crippen molar-refractivity contribution < 1.29 is 14.6 Å². The molecule has 114 valence electrons. The van der Waals surface area contributed by atoms with Crippen LogP contribution in [0.3, 0.4) is 0 Å². The van der Waals surface area contributed by atoms with E-state index in [0.29, 0.717) is 19.8 Å². The van der Waals surface area contributed by atoms with E-state index in [2.05, 4.69) is 10.3 Å². The molecule has 5 N–H and O–H groups in total. The summed E-state index contributed by atoms with van der Waals surface area (Å²) in [7, 11) is 1.50. The van der Waals surface area contributed by atoms with Gasteiger partial charge >= 0.3 is 5.69 Å². The molecule has 0 aliphatic carbocycles. The first kappa shape index (κ1) is 16.2. The maximum Gasteiger partial charge on any atom is 0.330 e. The maximum atomic E-state index is 11.7. The highest BCUT2D eigenvalue weighted by molar-refractivity contribution is 5.60. The number of nitrogens with two attached hydrogens (primary N) is 1. The van der Waals surface area contributed by atoms with Gasteiger partial charge in [0.2, 0.25) is 0 Å². The van der Waals surface area contributed by atoms with Gasteiger partial charge in [-0.2, -0.15) is 0 Å². The molecule has 1 heterocycles. The number of nitrogens with zero attached hydrogens (tertiary/aromatic N) is 1. The molecule has 0 atom stereocenters.